The highest BCUT2D eigenvalue weighted by Crippen LogP contribution is 2.10. The summed E-state index contributed by atoms with van der Waals surface area (Å²) in [5.74, 6) is 0.511. The Morgan fingerprint density at radius 3 is 2.89 bits per heavy atom. The summed E-state index contributed by atoms with van der Waals surface area (Å²) in [5.41, 5.74) is 0.968. The Bertz CT molecular complexity index is 183. The molecule has 0 fully saturated rings. The maximum atomic E-state index is 5.60. The monoisotopic (exact) mass is 162 g/mol. The molecule has 0 aliphatic heterocycles. The molecule has 1 nitrogen and oxygen atoms in total. The molecule has 49 valence electrons. The number of hydrogen-bond donors (Lipinski definition) is 1. The lowest BCUT2D eigenvalue weighted by Crippen LogP contribution is -1.79. The van der Waals surface area contributed by atoms with Gasteiger partial charge in [-0.1, -0.05) is 11.6 Å². The summed E-state index contributed by atoms with van der Waals surface area (Å²) in [6.07, 6.45) is 3.58. The van der Waals surface area contributed by atoms with Gasteiger partial charge in [-0.15, -0.1) is 11.6 Å². The van der Waals surface area contributed by atoms with Gasteiger partial charge in [-0.05, 0) is 6.07 Å². The van der Waals surface area contributed by atoms with E-state index in [0.717, 1.165) is 5.69 Å². The standard InChI is InChI=1S/C6H6Cl2N/c7-2-1-6-3-5(8)4-9-6/h1,3-4,9H,2H2. The number of H-pyrrole nitrogens is 1. The first-order valence-electron chi connectivity index (χ1n) is 2.56. The highest BCUT2D eigenvalue weighted by atomic mass is 35.5. The van der Waals surface area contributed by atoms with Crippen molar-refractivity contribution in [3.8, 4) is 0 Å². The molecule has 9 heavy (non-hydrogen) atoms. The van der Waals surface area contributed by atoms with Crippen LogP contribution in [0.25, 0.3) is 0 Å². The van der Waals surface area contributed by atoms with E-state index in [1.807, 2.05) is 12.5 Å². The molecule has 0 aliphatic rings. The van der Waals surface area contributed by atoms with E-state index in [-0.39, 0.29) is 0 Å². The highest BCUT2D eigenvalue weighted by molar-refractivity contribution is 6.30. The minimum Gasteiger partial charge on any atom is -0.363 e. The van der Waals surface area contributed by atoms with E-state index in [2.05, 4.69) is 4.98 Å². The summed E-state index contributed by atoms with van der Waals surface area (Å²) < 4.78 is 0. The number of alkyl halides is 1. The fourth-order valence-corrected chi connectivity index (χ4v) is 0.923. The van der Waals surface area contributed by atoms with Gasteiger partial charge in [0, 0.05) is 24.2 Å². The van der Waals surface area contributed by atoms with Crippen molar-refractivity contribution in [1.29, 1.82) is 0 Å². The average Bonchev–Trinajstić information content (AvgIpc) is 2.17. The molecule has 0 spiro atoms. The Morgan fingerprint density at radius 2 is 2.44 bits per heavy atom. The van der Waals surface area contributed by atoms with Gasteiger partial charge in [0.1, 0.15) is 0 Å². The lowest BCUT2D eigenvalue weighted by Gasteiger charge is -1.85. The van der Waals surface area contributed by atoms with Gasteiger partial charge in [0.2, 0.25) is 0 Å². The number of hydrogen-bond acceptors (Lipinski definition) is 0. The van der Waals surface area contributed by atoms with E-state index >= 15 is 0 Å². The fraction of sp³-hybridized carbons (Fsp3) is 0.167. The molecule has 0 atom stereocenters. The number of nitrogens with one attached hydrogen (secondary N) is 1. The van der Waals surface area contributed by atoms with Crippen LogP contribution in [-0.4, -0.2) is 10.9 Å². The Labute approximate surface area is 64.0 Å². The van der Waals surface area contributed by atoms with Gasteiger partial charge in [-0.2, -0.15) is 0 Å². The van der Waals surface area contributed by atoms with Crippen molar-refractivity contribution in [1.82, 2.24) is 4.98 Å². The normalized spacial score (nSPS) is 10.0. The van der Waals surface area contributed by atoms with Gasteiger partial charge < -0.3 is 4.98 Å². The van der Waals surface area contributed by atoms with Crippen LogP contribution < -0.4 is 0 Å². The molecular weight excluding hydrogens is 157 g/mol. The maximum Gasteiger partial charge on any atom is 0.0583 e. The molecule has 1 aromatic rings. The first kappa shape index (κ1) is 6.97. The zero-order valence-electron chi connectivity index (χ0n) is 4.70. The predicted molar refractivity (Wildman–Crippen MR) is 39.9 cm³/mol. The lowest BCUT2D eigenvalue weighted by atomic mass is 10.3. The van der Waals surface area contributed by atoms with Crippen molar-refractivity contribution in [2.75, 3.05) is 5.88 Å². The molecule has 0 aliphatic carbocycles. The van der Waals surface area contributed by atoms with E-state index in [4.69, 9.17) is 23.2 Å². The maximum absolute atomic E-state index is 5.60. The summed E-state index contributed by atoms with van der Waals surface area (Å²) in [5, 5.41) is 0.714. The summed E-state index contributed by atoms with van der Waals surface area (Å²) in [7, 11) is 0. The first-order chi connectivity index (χ1) is 4.33. The van der Waals surface area contributed by atoms with Crippen LogP contribution in [0.15, 0.2) is 12.3 Å². The van der Waals surface area contributed by atoms with E-state index in [1.54, 1.807) is 6.20 Å². The molecule has 0 unspecified atom stereocenters. The van der Waals surface area contributed by atoms with Gasteiger partial charge in [-0.25, -0.2) is 0 Å². The van der Waals surface area contributed by atoms with Crippen LogP contribution in [0.3, 0.4) is 0 Å². The summed E-state index contributed by atoms with van der Waals surface area (Å²) in [4.78, 5) is 2.93. The zero-order chi connectivity index (χ0) is 6.69. The molecule has 3 heteroatoms. The van der Waals surface area contributed by atoms with Crippen molar-refractivity contribution in [2.45, 2.75) is 0 Å². The number of halogens is 2. The third kappa shape index (κ3) is 1.92. The van der Waals surface area contributed by atoms with Crippen LogP contribution in [-0.2, 0) is 0 Å². The van der Waals surface area contributed by atoms with E-state index in [9.17, 15) is 0 Å². The molecule has 0 saturated carbocycles. The molecule has 0 saturated heterocycles. The van der Waals surface area contributed by atoms with Gasteiger partial charge in [-0.3, -0.25) is 0 Å². The fourth-order valence-electron chi connectivity index (χ4n) is 0.585. The van der Waals surface area contributed by atoms with Crippen molar-refractivity contribution in [2.24, 2.45) is 0 Å². The molecule has 1 radical (unpaired) electrons. The average molecular weight is 163 g/mol. The third-order valence-corrected chi connectivity index (χ3v) is 1.34. The van der Waals surface area contributed by atoms with Crippen LogP contribution in [0, 0.1) is 6.42 Å². The van der Waals surface area contributed by atoms with E-state index in [0.29, 0.717) is 10.9 Å². The van der Waals surface area contributed by atoms with Crippen molar-refractivity contribution in [3.05, 3.63) is 29.4 Å². The van der Waals surface area contributed by atoms with E-state index in [1.165, 1.54) is 0 Å². The van der Waals surface area contributed by atoms with Crippen LogP contribution >= 0.6 is 23.2 Å². The second-order valence-corrected chi connectivity index (χ2v) is 2.38. The Kier molecular flexibility index (Phi) is 2.43. The number of aromatic nitrogens is 1. The molecule has 1 heterocycles. The molecule has 1 N–H and O–H groups in total. The smallest absolute Gasteiger partial charge is 0.0583 e. The molecule has 0 bridgehead atoms. The first-order valence-corrected chi connectivity index (χ1v) is 3.47. The van der Waals surface area contributed by atoms with Gasteiger partial charge in [0.05, 0.1) is 5.02 Å². The number of rotatable bonds is 2. The van der Waals surface area contributed by atoms with Crippen molar-refractivity contribution < 1.29 is 0 Å². The SMILES string of the molecule is ClC[CH]c1cc(Cl)c[nH]1. The minimum atomic E-state index is 0.511. The Hall–Kier alpha value is -0.140. The second kappa shape index (κ2) is 3.14. The van der Waals surface area contributed by atoms with Crippen LogP contribution in [0.1, 0.15) is 5.69 Å². The second-order valence-electron chi connectivity index (χ2n) is 1.63. The lowest BCUT2D eigenvalue weighted by molar-refractivity contribution is 1.26. The van der Waals surface area contributed by atoms with E-state index < -0.39 is 0 Å². The predicted octanol–water partition coefficient (Wildman–Crippen LogP) is 2.46. The van der Waals surface area contributed by atoms with Crippen molar-refractivity contribution in [3.63, 3.8) is 0 Å². The Morgan fingerprint density at radius 1 is 1.67 bits per heavy atom. The summed E-state index contributed by atoms with van der Waals surface area (Å²) in [6.45, 7) is 0. The van der Waals surface area contributed by atoms with Gasteiger partial charge in [0.15, 0.2) is 0 Å². The third-order valence-electron chi connectivity index (χ3n) is 0.967. The molecular formula is C6H6Cl2N. The highest BCUT2D eigenvalue weighted by Gasteiger charge is 1.93. The van der Waals surface area contributed by atoms with Crippen LogP contribution in [0.2, 0.25) is 5.02 Å². The Balaban J connectivity index is 2.61. The largest absolute Gasteiger partial charge is 0.363 e. The quantitative estimate of drug-likeness (QED) is 0.644. The zero-order valence-corrected chi connectivity index (χ0v) is 6.21. The topological polar surface area (TPSA) is 15.8 Å². The van der Waals surface area contributed by atoms with Gasteiger partial charge >= 0.3 is 0 Å². The van der Waals surface area contributed by atoms with Gasteiger partial charge in [0.25, 0.3) is 0 Å². The molecule has 0 amide bonds. The summed E-state index contributed by atoms with van der Waals surface area (Å²) >= 11 is 11.0. The molecule has 1 rings (SSSR count). The minimum absolute atomic E-state index is 0.511. The van der Waals surface area contributed by atoms with Crippen molar-refractivity contribution >= 4 is 23.2 Å². The summed E-state index contributed by atoms with van der Waals surface area (Å²) in [6, 6.07) is 1.82. The number of aromatic amines is 1. The molecule has 1 aromatic heterocycles. The molecule has 0 aromatic carbocycles. The van der Waals surface area contributed by atoms with Crippen LogP contribution in [0.5, 0.6) is 0 Å². The van der Waals surface area contributed by atoms with Crippen LogP contribution in [0.4, 0.5) is 0 Å².